The number of furan rings is 1. The number of amides is 3. The predicted octanol–water partition coefficient (Wildman–Crippen LogP) is 4.65. The molecule has 6 nitrogen and oxygen atoms in total. The molecule has 0 radical (unpaired) electrons. The van der Waals surface area contributed by atoms with E-state index in [9.17, 15) is 9.59 Å². The minimum atomic E-state index is -0.215. The first-order chi connectivity index (χ1) is 15.0. The second-order valence-corrected chi connectivity index (χ2v) is 8.49. The van der Waals surface area contributed by atoms with Gasteiger partial charge in [0.15, 0.2) is 0 Å². The lowest BCUT2D eigenvalue weighted by Gasteiger charge is -2.33. The Kier molecular flexibility index (Phi) is 6.26. The molecule has 0 saturated carbocycles. The monoisotopic (exact) mass is 419 g/mol. The summed E-state index contributed by atoms with van der Waals surface area (Å²) < 4.78 is 5.63. The van der Waals surface area contributed by atoms with Gasteiger partial charge in [-0.15, -0.1) is 0 Å². The van der Waals surface area contributed by atoms with Crippen molar-refractivity contribution >= 4 is 28.6 Å². The Morgan fingerprint density at radius 3 is 2.68 bits per heavy atom. The van der Waals surface area contributed by atoms with Crippen LogP contribution in [0.1, 0.15) is 29.5 Å². The van der Waals surface area contributed by atoms with E-state index in [-0.39, 0.29) is 17.9 Å². The van der Waals surface area contributed by atoms with Crippen LogP contribution < -0.4 is 10.6 Å². The SMILES string of the molecule is Cc1ccc(NC(=O)NCC2CCCN(C(=O)Cc3coc4cc(C)ccc34)C2)cc1. The van der Waals surface area contributed by atoms with Crippen molar-refractivity contribution in [3.8, 4) is 0 Å². The smallest absolute Gasteiger partial charge is 0.319 e. The van der Waals surface area contributed by atoms with Crippen molar-refractivity contribution in [3.63, 3.8) is 0 Å². The molecule has 3 amide bonds. The van der Waals surface area contributed by atoms with Gasteiger partial charge in [-0.3, -0.25) is 4.79 Å². The number of rotatable bonds is 5. The average molecular weight is 420 g/mol. The van der Waals surface area contributed by atoms with Gasteiger partial charge in [-0.05, 0) is 56.4 Å². The van der Waals surface area contributed by atoms with Gasteiger partial charge in [-0.1, -0.05) is 29.8 Å². The van der Waals surface area contributed by atoms with E-state index >= 15 is 0 Å². The van der Waals surface area contributed by atoms with E-state index in [0.29, 0.717) is 19.5 Å². The highest BCUT2D eigenvalue weighted by atomic mass is 16.3. The number of likely N-dealkylation sites (tertiary alicyclic amines) is 1. The number of anilines is 1. The third-order valence-electron chi connectivity index (χ3n) is 5.89. The van der Waals surface area contributed by atoms with Gasteiger partial charge in [-0.25, -0.2) is 4.79 Å². The number of benzene rings is 2. The van der Waals surface area contributed by atoms with E-state index in [1.807, 2.05) is 61.2 Å². The molecule has 1 aliphatic rings. The molecule has 0 aliphatic carbocycles. The highest BCUT2D eigenvalue weighted by Crippen LogP contribution is 2.24. The first kappa shape index (κ1) is 21.0. The summed E-state index contributed by atoms with van der Waals surface area (Å²) in [4.78, 5) is 27.0. The lowest BCUT2D eigenvalue weighted by Crippen LogP contribution is -2.44. The van der Waals surface area contributed by atoms with E-state index in [2.05, 4.69) is 10.6 Å². The van der Waals surface area contributed by atoms with Crippen molar-refractivity contribution in [1.29, 1.82) is 0 Å². The minimum absolute atomic E-state index is 0.108. The highest BCUT2D eigenvalue weighted by Gasteiger charge is 2.25. The standard InChI is InChI=1S/C25H29N3O3/c1-17-5-8-21(9-6-17)27-25(30)26-14-19-4-3-11-28(15-19)24(29)13-20-16-31-23-12-18(2)7-10-22(20)23/h5-10,12,16,19H,3-4,11,13-15H2,1-2H3,(H2,26,27,30). The van der Waals surface area contributed by atoms with Crippen LogP contribution in [0, 0.1) is 19.8 Å². The van der Waals surface area contributed by atoms with Crippen molar-refractivity contribution in [3.05, 3.63) is 65.4 Å². The lowest BCUT2D eigenvalue weighted by molar-refractivity contribution is -0.132. The van der Waals surface area contributed by atoms with Crippen LogP contribution in [-0.4, -0.2) is 36.5 Å². The topological polar surface area (TPSA) is 74.6 Å². The number of hydrogen-bond acceptors (Lipinski definition) is 3. The van der Waals surface area contributed by atoms with Crippen LogP contribution in [0.4, 0.5) is 10.5 Å². The molecule has 2 heterocycles. The molecule has 0 spiro atoms. The number of nitrogens with one attached hydrogen (secondary N) is 2. The zero-order valence-electron chi connectivity index (χ0n) is 18.1. The van der Waals surface area contributed by atoms with E-state index in [1.54, 1.807) is 6.26 Å². The van der Waals surface area contributed by atoms with E-state index in [4.69, 9.17) is 4.42 Å². The first-order valence-corrected chi connectivity index (χ1v) is 10.8. The van der Waals surface area contributed by atoms with Gasteiger partial charge in [-0.2, -0.15) is 0 Å². The highest BCUT2D eigenvalue weighted by molar-refractivity contribution is 5.89. The summed E-state index contributed by atoms with van der Waals surface area (Å²) in [6.07, 6.45) is 3.98. The molecule has 4 rings (SSSR count). The summed E-state index contributed by atoms with van der Waals surface area (Å²) >= 11 is 0. The Morgan fingerprint density at radius 2 is 1.87 bits per heavy atom. The molecule has 1 fully saturated rings. The van der Waals surface area contributed by atoms with E-state index in [0.717, 1.165) is 52.7 Å². The summed E-state index contributed by atoms with van der Waals surface area (Å²) in [7, 11) is 0. The van der Waals surface area contributed by atoms with Gasteiger partial charge >= 0.3 is 6.03 Å². The van der Waals surface area contributed by atoms with Crippen molar-refractivity contribution in [2.45, 2.75) is 33.1 Å². The third-order valence-corrected chi connectivity index (χ3v) is 5.89. The molecule has 162 valence electrons. The molecule has 6 heteroatoms. The van der Waals surface area contributed by atoms with Crippen molar-refractivity contribution in [1.82, 2.24) is 10.2 Å². The largest absolute Gasteiger partial charge is 0.464 e. The molecule has 1 unspecified atom stereocenters. The Bertz CT molecular complexity index is 1070. The Balaban J connectivity index is 1.29. The van der Waals surface area contributed by atoms with Gasteiger partial charge in [0, 0.05) is 36.3 Å². The Morgan fingerprint density at radius 1 is 1.10 bits per heavy atom. The first-order valence-electron chi connectivity index (χ1n) is 10.8. The van der Waals surface area contributed by atoms with Gasteiger partial charge < -0.3 is 20.0 Å². The fraction of sp³-hybridized carbons (Fsp3) is 0.360. The second-order valence-electron chi connectivity index (χ2n) is 8.49. The maximum absolute atomic E-state index is 12.9. The number of carbonyl (C=O) groups excluding carboxylic acids is 2. The molecule has 0 bridgehead atoms. The predicted molar refractivity (Wildman–Crippen MR) is 122 cm³/mol. The number of aryl methyl sites for hydroxylation is 2. The molecule has 1 saturated heterocycles. The maximum atomic E-state index is 12.9. The fourth-order valence-electron chi connectivity index (χ4n) is 4.11. The van der Waals surface area contributed by atoms with Crippen LogP contribution in [0.3, 0.4) is 0 Å². The van der Waals surface area contributed by atoms with E-state index < -0.39 is 0 Å². The molecular formula is C25H29N3O3. The van der Waals surface area contributed by atoms with Crippen LogP contribution >= 0.6 is 0 Å². The molecule has 31 heavy (non-hydrogen) atoms. The minimum Gasteiger partial charge on any atom is -0.464 e. The summed E-state index contributed by atoms with van der Waals surface area (Å²) in [6.45, 7) is 6.01. The molecule has 1 atom stereocenters. The molecule has 2 aromatic carbocycles. The number of nitrogens with zero attached hydrogens (tertiary/aromatic N) is 1. The fourth-order valence-corrected chi connectivity index (χ4v) is 4.11. The third kappa shape index (κ3) is 5.26. The van der Waals surface area contributed by atoms with Gasteiger partial charge in [0.1, 0.15) is 5.58 Å². The molecule has 2 N–H and O–H groups in total. The van der Waals surface area contributed by atoms with Crippen molar-refractivity contribution in [2.24, 2.45) is 5.92 Å². The second kappa shape index (κ2) is 9.25. The van der Waals surface area contributed by atoms with Crippen molar-refractivity contribution in [2.75, 3.05) is 25.0 Å². The molecule has 3 aromatic rings. The van der Waals surface area contributed by atoms with Crippen LogP contribution in [0.15, 0.2) is 53.1 Å². The summed E-state index contributed by atoms with van der Waals surface area (Å²) in [5, 5.41) is 6.80. The number of piperidine rings is 1. The summed E-state index contributed by atoms with van der Waals surface area (Å²) in [5.41, 5.74) is 4.81. The zero-order chi connectivity index (χ0) is 21.8. The molecular weight excluding hydrogens is 390 g/mol. The molecule has 1 aliphatic heterocycles. The summed E-state index contributed by atoms with van der Waals surface area (Å²) in [6, 6.07) is 13.5. The van der Waals surface area contributed by atoms with Crippen LogP contribution in [-0.2, 0) is 11.2 Å². The zero-order valence-corrected chi connectivity index (χ0v) is 18.1. The van der Waals surface area contributed by atoms with Crippen LogP contribution in [0.2, 0.25) is 0 Å². The number of carbonyl (C=O) groups is 2. The Hall–Kier alpha value is -3.28. The molecule has 1 aromatic heterocycles. The van der Waals surface area contributed by atoms with Crippen LogP contribution in [0.5, 0.6) is 0 Å². The number of fused-ring (bicyclic) bond motifs is 1. The van der Waals surface area contributed by atoms with Gasteiger partial charge in [0.25, 0.3) is 0 Å². The normalized spacial score (nSPS) is 16.3. The summed E-state index contributed by atoms with van der Waals surface area (Å²) in [5.74, 6) is 0.363. The van der Waals surface area contributed by atoms with Crippen molar-refractivity contribution < 1.29 is 14.0 Å². The van der Waals surface area contributed by atoms with Gasteiger partial charge in [0.05, 0.1) is 12.7 Å². The van der Waals surface area contributed by atoms with Gasteiger partial charge in [0.2, 0.25) is 5.91 Å². The number of hydrogen-bond donors (Lipinski definition) is 2. The van der Waals surface area contributed by atoms with Crippen LogP contribution in [0.25, 0.3) is 11.0 Å². The number of urea groups is 1. The lowest BCUT2D eigenvalue weighted by atomic mass is 9.97. The quantitative estimate of drug-likeness (QED) is 0.632. The van der Waals surface area contributed by atoms with E-state index in [1.165, 1.54) is 0 Å². The maximum Gasteiger partial charge on any atom is 0.319 e. The average Bonchev–Trinajstić information content (AvgIpc) is 3.15. The Labute approximate surface area is 182 Å².